The van der Waals surface area contributed by atoms with Crippen molar-refractivity contribution in [1.82, 2.24) is 4.31 Å². The largest absolute Gasteiger partial charge is 0.573 e. The van der Waals surface area contributed by atoms with E-state index in [1.54, 1.807) is 30.3 Å². The van der Waals surface area contributed by atoms with E-state index in [4.69, 9.17) is 0 Å². The van der Waals surface area contributed by atoms with Gasteiger partial charge in [0, 0.05) is 11.1 Å². The van der Waals surface area contributed by atoms with Gasteiger partial charge in [-0.3, -0.25) is 4.79 Å². The van der Waals surface area contributed by atoms with Gasteiger partial charge in [-0.05, 0) is 42.7 Å². The van der Waals surface area contributed by atoms with Gasteiger partial charge in [-0.15, -0.1) is 13.2 Å². The van der Waals surface area contributed by atoms with Crippen LogP contribution in [0.4, 0.5) is 22.0 Å². The topological polar surface area (TPSA) is 93.1 Å². The highest BCUT2D eigenvalue weighted by molar-refractivity contribution is 7.89. The van der Waals surface area contributed by atoms with Gasteiger partial charge in [0.15, 0.2) is 0 Å². The van der Waals surface area contributed by atoms with Crippen LogP contribution in [-0.2, 0) is 20.4 Å². The lowest BCUT2D eigenvalue weighted by molar-refractivity contribution is -0.274. The molecule has 1 saturated carbocycles. The molecule has 1 fully saturated rings. The molecule has 3 aromatic rings. The molecule has 13 heteroatoms. The molecule has 1 aliphatic carbocycles. The summed E-state index contributed by atoms with van der Waals surface area (Å²) >= 11 is 0. The summed E-state index contributed by atoms with van der Waals surface area (Å²) < 4.78 is 102. The molecule has 7 nitrogen and oxygen atoms in total. The van der Waals surface area contributed by atoms with Crippen molar-refractivity contribution in [3.05, 3.63) is 78.4 Å². The first-order valence-corrected chi connectivity index (χ1v) is 12.5. The minimum absolute atomic E-state index is 0.0124. The fourth-order valence-corrected chi connectivity index (χ4v) is 6.01. The van der Waals surface area contributed by atoms with Crippen LogP contribution < -0.4 is 9.47 Å². The highest BCUT2D eigenvalue weighted by Gasteiger charge is 2.57. The zero-order valence-corrected chi connectivity index (χ0v) is 20.2. The first-order valence-electron chi connectivity index (χ1n) is 11.1. The summed E-state index contributed by atoms with van der Waals surface area (Å²) in [7, 11) is -4.65. The maximum Gasteiger partial charge on any atom is 0.573 e. The van der Waals surface area contributed by atoms with Gasteiger partial charge < -0.3 is 14.6 Å². The maximum absolute atomic E-state index is 13.6. The molecule has 38 heavy (non-hydrogen) atoms. The minimum atomic E-state index is -5.13. The summed E-state index contributed by atoms with van der Waals surface area (Å²) in [5, 5.41) is 9.54. The van der Waals surface area contributed by atoms with Crippen LogP contribution >= 0.6 is 0 Å². The molecular formula is C25H20F5NO6S. The van der Waals surface area contributed by atoms with Crippen molar-refractivity contribution in [1.29, 1.82) is 0 Å². The molecule has 0 unspecified atom stereocenters. The zero-order chi connectivity index (χ0) is 27.7. The van der Waals surface area contributed by atoms with Crippen molar-refractivity contribution in [2.24, 2.45) is 0 Å². The molecule has 0 aromatic heterocycles. The number of rotatable bonds is 10. The predicted molar refractivity (Wildman–Crippen MR) is 124 cm³/mol. The number of para-hydroxylation sites is 1. The molecule has 0 radical (unpaired) electrons. The van der Waals surface area contributed by atoms with Gasteiger partial charge in [-0.1, -0.05) is 48.5 Å². The number of hydrogen-bond acceptors (Lipinski definition) is 5. The SMILES string of the molecule is O=C(O)CN(C1(c2cccc(-c3ccccc3)c2OC(F)(F)F)CC1)S(=O)(=O)c1ccc(OC(F)F)cc1. The van der Waals surface area contributed by atoms with Gasteiger partial charge >= 0.3 is 18.9 Å². The third-order valence-electron chi connectivity index (χ3n) is 5.94. The van der Waals surface area contributed by atoms with Crippen molar-refractivity contribution in [2.45, 2.75) is 36.2 Å². The van der Waals surface area contributed by atoms with E-state index in [0.717, 1.165) is 24.3 Å². The third-order valence-corrected chi connectivity index (χ3v) is 7.86. The maximum atomic E-state index is 13.6. The van der Waals surface area contributed by atoms with E-state index in [1.165, 1.54) is 18.2 Å². The number of carbonyl (C=O) groups is 1. The number of carboxylic acids is 1. The molecular weight excluding hydrogens is 537 g/mol. The van der Waals surface area contributed by atoms with Gasteiger partial charge in [-0.25, -0.2) is 8.42 Å². The second kappa shape index (κ2) is 10.2. The molecule has 4 rings (SSSR count). The number of ether oxygens (including phenoxy) is 2. The summed E-state index contributed by atoms with van der Waals surface area (Å²) in [5.74, 6) is -2.52. The van der Waals surface area contributed by atoms with Gasteiger partial charge in [0.05, 0.1) is 10.4 Å². The molecule has 0 saturated heterocycles. The van der Waals surface area contributed by atoms with Gasteiger partial charge in [0.2, 0.25) is 10.0 Å². The Morgan fingerprint density at radius 2 is 1.61 bits per heavy atom. The lowest BCUT2D eigenvalue weighted by atomic mass is 9.96. The Morgan fingerprint density at radius 1 is 0.974 bits per heavy atom. The summed E-state index contributed by atoms with van der Waals surface area (Å²) in [6, 6.07) is 15.9. The lowest BCUT2D eigenvalue weighted by Gasteiger charge is -2.32. The summed E-state index contributed by atoms with van der Waals surface area (Å²) in [4.78, 5) is 11.3. The number of sulfonamides is 1. The van der Waals surface area contributed by atoms with Crippen LogP contribution in [0.2, 0.25) is 0 Å². The quantitative estimate of drug-likeness (QED) is 0.326. The van der Waals surface area contributed by atoms with Crippen LogP contribution in [0.1, 0.15) is 18.4 Å². The normalized spacial score (nSPS) is 14.9. The van der Waals surface area contributed by atoms with Crippen molar-refractivity contribution in [3.63, 3.8) is 0 Å². The Morgan fingerprint density at radius 3 is 2.13 bits per heavy atom. The number of hydrogen-bond donors (Lipinski definition) is 1. The van der Waals surface area contributed by atoms with E-state index < -0.39 is 51.7 Å². The Hall–Kier alpha value is -3.71. The second-order valence-electron chi connectivity index (χ2n) is 8.38. The summed E-state index contributed by atoms with van der Waals surface area (Å²) in [6.07, 6.45) is -5.11. The van der Waals surface area contributed by atoms with E-state index >= 15 is 0 Å². The predicted octanol–water partition coefficient (Wildman–Crippen LogP) is 5.62. The van der Waals surface area contributed by atoms with E-state index in [2.05, 4.69) is 9.47 Å². The molecule has 1 N–H and O–H groups in total. The van der Waals surface area contributed by atoms with Gasteiger partial charge in [-0.2, -0.15) is 13.1 Å². The molecule has 3 aromatic carbocycles. The molecule has 0 amide bonds. The summed E-state index contributed by atoms with van der Waals surface area (Å²) in [6.45, 7) is -4.22. The number of alkyl halides is 5. The molecule has 202 valence electrons. The molecule has 0 atom stereocenters. The summed E-state index contributed by atoms with van der Waals surface area (Å²) in [5.41, 5.74) is -1.42. The zero-order valence-electron chi connectivity index (χ0n) is 19.4. The minimum Gasteiger partial charge on any atom is -0.480 e. The Balaban J connectivity index is 1.85. The van der Waals surface area contributed by atoms with E-state index in [0.29, 0.717) is 9.87 Å². The Labute approximate surface area is 214 Å². The number of nitrogens with zero attached hydrogens (tertiary/aromatic N) is 1. The highest BCUT2D eigenvalue weighted by atomic mass is 32.2. The fraction of sp³-hybridized carbons (Fsp3) is 0.240. The van der Waals surface area contributed by atoms with Crippen LogP contribution in [0.5, 0.6) is 11.5 Å². The molecule has 0 heterocycles. The van der Waals surface area contributed by atoms with Crippen LogP contribution in [0.3, 0.4) is 0 Å². The molecule has 0 bridgehead atoms. The van der Waals surface area contributed by atoms with Crippen molar-refractivity contribution in [2.75, 3.05) is 6.54 Å². The van der Waals surface area contributed by atoms with Crippen molar-refractivity contribution >= 4 is 16.0 Å². The first kappa shape index (κ1) is 27.3. The Bertz CT molecular complexity index is 1410. The molecule has 0 aliphatic heterocycles. The Kier molecular flexibility index (Phi) is 7.35. The fourth-order valence-electron chi connectivity index (χ4n) is 4.26. The van der Waals surface area contributed by atoms with Gasteiger partial charge in [0.1, 0.15) is 18.0 Å². The second-order valence-corrected chi connectivity index (χ2v) is 10.2. The van der Waals surface area contributed by atoms with Crippen LogP contribution in [0, 0.1) is 0 Å². The molecule has 1 aliphatic rings. The van der Waals surface area contributed by atoms with Crippen molar-refractivity contribution < 1.29 is 49.7 Å². The monoisotopic (exact) mass is 557 g/mol. The van der Waals surface area contributed by atoms with Crippen LogP contribution in [-0.4, -0.2) is 43.3 Å². The van der Waals surface area contributed by atoms with Gasteiger partial charge in [0.25, 0.3) is 0 Å². The highest BCUT2D eigenvalue weighted by Crippen LogP contribution is 2.57. The number of carboxylic acid groups (broad SMARTS) is 1. The van der Waals surface area contributed by atoms with E-state index in [9.17, 15) is 40.3 Å². The number of halogens is 5. The number of aliphatic carboxylic acids is 1. The average molecular weight is 557 g/mol. The third kappa shape index (κ3) is 5.73. The standard InChI is InChI=1S/C25H20F5NO6S/c26-23(27)36-17-9-11-18(12-10-17)38(34,35)31(15-21(32)33)24(13-14-24)20-8-4-7-19(16-5-2-1-3-6-16)22(20)37-25(28,29)30/h1-12,23H,13-15H2,(H,32,33). The lowest BCUT2D eigenvalue weighted by Crippen LogP contribution is -2.44. The van der Waals surface area contributed by atoms with Crippen LogP contribution in [0.25, 0.3) is 11.1 Å². The average Bonchev–Trinajstić information content (AvgIpc) is 3.63. The first-order chi connectivity index (χ1) is 17.8. The smallest absolute Gasteiger partial charge is 0.480 e. The van der Waals surface area contributed by atoms with Crippen molar-refractivity contribution in [3.8, 4) is 22.6 Å². The molecule has 0 spiro atoms. The number of benzene rings is 3. The van der Waals surface area contributed by atoms with E-state index in [1.807, 2.05) is 0 Å². The van der Waals surface area contributed by atoms with Crippen LogP contribution in [0.15, 0.2) is 77.7 Å². The van der Waals surface area contributed by atoms with E-state index in [-0.39, 0.29) is 29.7 Å².